The number of hydrogen-bond donors (Lipinski definition) is 1. The first-order valence-corrected chi connectivity index (χ1v) is 2.03. The molecule has 0 spiro atoms. The van der Waals surface area contributed by atoms with E-state index in [9.17, 15) is 0 Å². The molecule has 0 heterocycles. The maximum Gasteiger partial charge on any atom is 0.0558 e. The summed E-state index contributed by atoms with van der Waals surface area (Å²) in [4.78, 5) is 1.93. The first-order valence-electron chi connectivity index (χ1n) is 2.03. The van der Waals surface area contributed by atoms with Crippen molar-refractivity contribution in [3.63, 3.8) is 0 Å². The summed E-state index contributed by atoms with van der Waals surface area (Å²) in [6.07, 6.45) is 0. The molecule has 1 N–H and O–H groups in total. The van der Waals surface area contributed by atoms with E-state index in [2.05, 4.69) is 0 Å². The predicted molar refractivity (Wildman–Crippen MR) is 25.6 cm³/mol. The molecule has 0 fully saturated rings. The maximum atomic E-state index is 8.20. The van der Waals surface area contributed by atoms with Gasteiger partial charge in [-0.3, -0.25) is 0 Å². The van der Waals surface area contributed by atoms with E-state index in [0.29, 0.717) is 0 Å². The Bertz CT molecular complexity index is 32.9. The Hall–Kier alpha value is 1.26. The van der Waals surface area contributed by atoms with Crippen LogP contribution in [0.4, 0.5) is 0 Å². The van der Waals surface area contributed by atoms with E-state index in [1.54, 1.807) is 0 Å². The molecule has 0 radical (unpaired) electrons. The van der Waals surface area contributed by atoms with E-state index >= 15 is 0 Å². The van der Waals surface area contributed by atoms with E-state index in [1.165, 1.54) is 0 Å². The van der Waals surface area contributed by atoms with Gasteiger partial charge in [0.1, 0.15) is 0 Å². The van der Waals surface area contributed by atoms with Crippen LogP contribution in [-0.4, -0.2) is 37.3 Å². The molecule has 0 aromatic heterocycles. The van der Waals surface area contributed by atoms with Gasteiger partial charge in [0, 0.05) is 46.9 Å². The van der Waals surface area contributed by atoms with Crippen LogP contribution >= 0.6 is 0 Å². The Morgan fingerprint density at radius 2 is 1.86 bits per heavy atom. The number of hydrogen-bond acceptors (Lipinski definition) is 2. The second-order valence-corrected chi connectivity index (χ2v) is 1.53. The third kappa shape index (κ3) is 11.1. The molecule has 0 aliphatic rings. The standard InChI is InChI=1S/C4H11NO.Sm/c1-5(2)3-4-6;/h6H,3-4H2,1-2H3;. The van der Waals surface area contributed by atoms with Gasteiger partial charge in [0.05, 0.1) is 6.61 Å². The van der Waals surface area contributed by atoms with Crippen LogP contribution in [-0.2, 0) is 0 Å². The molecule has 0 atom stereocenters. The van der Waals surface area contributed by atoms with Gasteiger partial charge >= 0.3 is 0 Å². The average Bonchev–Trinajstić information content (AvgIpc) is 1.35. The summed E-state index contributed by atoms with van der Waals surface area (Å²) in [6, 6.07) is 0. The van der Waals surface area contributed by atoms with Gasteiger partial charge in [0.25, 0.3) is 0 Å². The van der Waals surface area contributed by atoms with Crippen LogP contribution in [0.15, 0.2) is 0 Å². The fraction of sp³-hybridized carbons (Fsp3) is 1.00. The second-order valence-electron chi connectivity index (χ2n) is 1.53. The molecule has 0 amide bonds. The second kappa shape index (κ2) is 7.26. The molecule has 3 heteroatoms. The van der Waals surface area contributed by atoms with Crippen molar-refractivity contribution in [3.8, 4) is 0 Å². The van der Waals surface area contributed by atoms with Gasteiger partial charge in [-0.2, -0.15) is 0 Å². The topological polar surface area (TPSA) is 23.5 Å². The Kier molecular flexibility index (Phi) is 11.5. The minimum atomic E-state index is 0. The molecule has 0 aromatic rings. The fourth-order valence-electron chi connectivity index (χ4n) is 0.200. The first kappa shape index (κ1) is 11.1. The molecule has 0 aromatic carbocycles. The van der Waals surface area contributed by atoms with Gasteiger partial charge in [0.15, 0.2) is 0 Å². The Morgan fingerprint density at radius 3 is 1.86 bits per heavy atom. The Labute approximate surface area is 77.0 Å². The summed E-state index contributed by atoms with van der Waals surface area (Å²) >= 11 is 0. The third-order valence-electron chi connectivity index (χ3n) is 0.547. The maximum absolute atomic E-state index is 8.20. The van der Waals surface area contributed by atoms with Crippen LogP contribution in [0.3, 0.4) is 0 Å². The monoisotopic (exact) mass is 241 g/mol. The van der Waals surface area contributed by atoms with Gasteiger partial charge < -0.3 is 10.0 Å². The number of aliphatic hydroxyl groups excluding tert-OH is 1. The third-order valence-corrected chi connectivity index (χ3v) is 0.547. The summed E-state index contributed by atoms with van der Waals surface area (Å²) in [7, 11) is 3.85. The van der Waals surface area contributed by atoms with E-state index in [4.69, 9.17) is 5.11 Å². The molecule has 0 rings (SSSR count). The van der Waals surface area contributed by atoms with Gasteiger partial charge in [0.2, 0.25) is 0 Å². The van der Waals surface area contributed by atoms with E-state index in [-0.39, 0.29) is 47.0 Å². The van der Waals surface area contributed by atoms with Crippen LogP contribution < -0.4 is 0 Å². The smallest absolute Gasteiger partial charge is 0.0558 e. The number of nitrogens with zero attached hydrogens (tertiary/aromatic N) is 1. The van der Waals surface area contributed by atoms with Crippen LogP contribution in [0.25, 0.3) is 0 Å². The van der Waals surface area contributed by atoms with Crippen molar-refractivity contribution in [2.45, 2.75) is 0 Å². The average molecular weight is 239 g/mol. The Balaban J connectivity index is 0. The van der Waals surface area contributed by atoms with Gasteiger partial charge in [-0.05, 0) is 14.1 Å². The number of aliphatic hydroxyl groups is 1. The van der Waals surface area contributed by atoms with Crippen molar-refractivity contribution >= 4 is 0 Å². The number of likely N-dealkylation sites (N-methyl/N-ethyl adjacent to an activating group) is 1. The molecule has 0 saturated carbocycles. The molecule has 7 heavy (non-hydrogen) atoms. The van der Waals surface area contributed by atoms with Crippen LogP contribution in [0, 0.1) is 40.4 Å². The Morgan fingerprint density at radius 1 is 1.43 bits per heavy atom. The summed E-state index contributed by atoms with van der Waals surface area (Å²) in [6.45, 7) is 1.02. The van der Waals surface area contributed by atoms with Crippen molar-refractivity contribution < 1.29 is 45.5 Å². The SMILES string of the molecule is CN(C)CCO.[Sm]. The summed E-state index contributed by atoms with van der Waals surface area (Å²) < 4.78 is 0. The van der Waals surface area contributed by atoms with Crippen LogP contribution in [0.2, 0.25) is 0 Å². The normalized spacial score (nSPS) is 8.57. The fourth-order valence-corrected chi connectivity index (χ4v) is 0.200. The van der Waals surface area contributed by atoms with E-state index in [1.807, 2.05) is 19.0 Å². The van der Waals surface area contributed by atoms with Crippen molar-refractivity contribution in [1.82, 2.24) is 4.90 Å². The van der Waals surface area contributed by atoms with Crippen LogP contribution in [0.1, 0.15) is 0 Å². The molecule has 0 aliphatic carbocycles. The quantitative estimate of drug-likeness (QED) is 0.705. The molecule has 0 aliphatic heterocycles. The molecule has 44 valence electrons. The summed E-state index contributed by atoms with van der Waals surface area (Å²) in [5.41, 5.74) is 0. The zero-order valence-corrected chi connectivity index (χ0v) is 7.34. The summed E-state index contributed by atoms with van der Waals surface area (Å²) in [5.74, 6) is 0. The zero-order valence-electron chi connectivity index (χ0n) is 4.72. The van der Waals surface area contributed by atoms with Gasteiger partial charge in [-0.25, -0.2) is 0 Å². The molecule has 2 nitrogen and oxygen atoms in total. The van der Waals surface area contributed by atoms with E-state index in [0.717, 1.165) is 6.54 Å². The minimum absolute atomic E-state index is 0. The molecule has 0 unspecified atom stereocenters. The van der Waals surface area contributed by atoms with Gasteiger partial charge in [-0.1, -0.05) is 0 Å². The minimum Gasteiger partial charge on any atom is -0.395 e. The summed E-state index contributed by atoms with van der Waals surface area (Å²) in [5, 5.41) is 8.20. The largest absolute Gasteiger partial charge is 0.395 e. The molecular formula is C4H11NOSm. The first-order chi connectivity index (χ1) is 2.77. The molecule has 0 bridgehead atoms. The molecular weight excluding hydrogens is 228 g/mol. The number of rotatable bonds is 2. The molecule has 0 saturated heterocycles. The van der Waals surface area contributed by atoms with Crippen molar-refractivity contribution in [2.24, 2.45) is 0 Å². The van der Waals surface area contributed by atoms with Crippen molar-refractivity contribution in [1.29, 1.82) is 0 Å². The predicted octanol–water partition coefficient (Wildman–Crippen LogP) is -0.460. The van der Waals surface area contributed by atoms with Crippen LogP contribution in [0.5, 0.6) is 0 Å². The van der Waals surface area contributed by atoms with Crippen molar-refractivity contribution in [3.05, 3.63) is 0 Å². The van der Waals surface area contributed by atoms with Crippen molar-refractivity contribution in [2.75, 3.05) is 27.2 Å². The zero-order chi connectivity index (χ0) is 4.99. The van der Waals surface area contributed by atoms with Gasteiger partial charge in [-0.15, -0.1) is 0 Å². The van der Waals surface area contributed by atoms with E-state index < -0.39 is 0 Å².